The molecule has 0 aliphatic heterocycles. The first-order valence-corrected chi connectivity index (χ1v) is 5.69. The molecular weight excluding hydrogens is 228 g/mol. The third kappa shape index (κ3) is 2.51. The molecule has 0 heterocycles. The standard InChI is InChI=1S/C13H16N4O/c1-18-12-10(8-16-17-13(14)15)7-6-9-4-2-3-5-11(9)12/h2-5,8H,6-7H2,1H3,(H4,14,15,17)/b16-8+. The van der Waals surface area contributed by atoms with Crippen LogP contribution in [-0.4, -0.2) is 19.3 Å². The van der Waals surface area contributed by atoms with Crippen LogP contribution in [-0.2, 0) is 11.2 Å². The van der Waals surface area contributed by atoms with Crippen molar-refractivity contribution in [3.8, 4) is 0 Å². The van der Waals surface area contributed by atoms with E-state index in [0.29, 0.717) is 0 Å². The summed E-state index contributed by atoms with van der Waals surface area (Å²) in [5, 5.41) is 7.44. The highest BCUT2D eigenvalue weighted by Gasteiger charge is 2.17. The number of benzene rings is 1. The Morgan fingerprint density at radius 3 is 2.78 bits per heavy atom. The molecule has 0 unspecified atom stereocenters. The van der Waals surface area contributed by atoms with Crippen LogP contribution in [0.4, 0.5) is 0 Å². The van der Waals surface area contributed by atoms with Gasteiger partial charge in [0.15, 0.2) is 0 Å². The number of rotatable bonds is 3. The van der Waals surface area contributed by atoms with Crippen LogP contribution in [0.25, 0.3) is 5.76 Å². The highest BCUT2D eigenvalue weighted by atomic mass is 16.5. The van der Waals surface area contributed by atoms with E-state index in [1.54, 1.807) is 13.3 Å². The van der Waals surface area contributed by atoms with Crippen molar-refractivity contribution in [2.75, 3.05) is 7.11 Å². The lowest BCUT2D eigenvalue weighted by molar-refractivity contribution is 0.365. The van der Waals surface area contributed by atoms with Crippen molar-refractivity contribution >= 4 is 17.9 Å². The number of fused-ring (bicyclic) bond motifs is 1. The van der Waals surface area contributed by atoms with E-state index < -0.39 is 0 Å². The van der Waals surface area contributed by atoms with E-state index in [9.17, 15) is 0 Å². The minimum absolute atomic E-state index is 0.0537. The number of hydrogen-bond acceptors (Lipinski definition) is 3. The normalized spacial score (nSPS) is 14.5. The van der Waals surface area contributed by atoms with Crippen molar-refractivity contribution in [1.29, 1.82) is 0 Å². The van der Waals surface area contributed by atoms with Gasteiger partial charge in [0.05, 0.1) is 13.3 Å². The Kier molecular flexibility index (Phi) is 3.62. The smallest absolute Gasteiger partial charge is 0.211 e. The van der Waals surface area contributed by atoms with Crippen molar-refractivity contribution in [3.05, 3.63) is 41.0 Å². The molecule has 0 amide bonds. The van der Waals surface area contributed by atoms with E-state index in [4.69, 9.17) is 16.2 Å². The number of allylic oxidation sites excluding steroid dienone is 1. The van der Waals surface area contributed by atoms with Gasteiger partial charge in [0.1, 0.15) is 5.76 Å². The van der Waals surface area contributed by atoms with Crippen LogP contribution in [0, 0.1) is 0 Å². The summed E-state index contributed by atoms with van der Waals surface area (Å²) in [6.07, 6.45) is 3.48. The van der Waals surface area contributed by atoms with Crippen LogP contribution in [0.15, 0.2) is 40.0 Å². The maximum absolute atomic E-state index is 5.47. The second-order valence-electron chi connectivity index (χ2n) is 3.99. The summed E-state index contributed by atoms with van der Waals surface area (Å²) in [5.74, 6) is 0.786. The van der Waals surface area contributed by atoms with Gasteiger partial charge in [-0.1, -0.05) is 24.3 Å². The second-order valence-corrected chi connectivity index (χ2v) is 3.99. The van der Waals surface area contributed by atoms with Crippen molar-refractivity contribution in [3.63, 3.8) is 0 Å². The first-order valence-electron chi connectivity index (χ1n) is 5.69. The Morgan fingerprint density at radius 1 is 1.28 bits per heavy atom. The predicted molar refractivity (Wildman–Crippen MR) is 73.0 cm³/mol. The lowest BCUT2D eigenvalue weighted by Crippen LogP contribution is -2.21. The Bertz CT molecular complexity index is 528. The van der Waals surface area contributed by atoms with Crippen LogP contribution >= 0.6 is 0 Å². The molecular formula is C13H16N4O. The fraction of sp³-hybridized carbons (Fsp3) is 0.231. The highest BCUT2D eigenvalue weighted by molar-refractivity contribution is 5.91. The summed E-state index contributed by atoms with van der Waals surface area (Å²) in [6, 6.07) is 8.18. The minimum atomic E-state index is -0.0537. The molecule has 0 radical (unpaired) electrons. The number of hydrogen-bond donors (Lipinski definition) is 2. The number of ether oxygens (including phenoxy) is 1. The minimum Gasteiger partial charge on any atom is -0.496 e. The molecule has 18 heavy (non-hydrogen) atoms. The number of nitrogens with zero attached hydrogens (tertiary/aromatic N) is 2. The quantitative estimate of drug-likeness (QED) is 0.476. The third-order valence-electron chi connectivity index (χ3n) is 2.81. The molecule has 1 aromatic carbocycles. The van der Waals surface area contributed by atoms with E-state index in [0.717, 1.165) is 29.7 Å². The first kappa shape index (κ1) is 12.2. The number of methoxy groups -OCH3 is 1. The second kappa shape index (κ2) is 5.35. The number of guanidine groups is 1. The molecule has 5 nitrogen and oxygen atoms in total. The molecule has 2 rings (SSSR count). The zero-order valence-corrected chi connectivity index (χ0v) is 10.3. The van der Waals surface area contributed by atoms with E-state index >= 15 is 0 Å². The van der Waals surface area contributed by atoms with Crippen LogP contribution in [0.1, 0.15) is 17.5 Å². The molecule has 4 N–H and O–H groups in total. The summed E-state index contributed by atoms with van der Waals surface area (Å²) in [6.45, 7) is 0. The average Bonchev–Trinajstić information content (AvgIpc) is 2.38. The molecule has 5 heteroatoms. The molecule has 1 aromatic rings. The zero-order valence-electron chi connectivity index (χ0n) is 10.3. The van der Waals surface area contributed by atoms with Gasteiger partial charge >= 0.3 is 0 Å². The van der Waals surface area contributed by atoms with Gasteiger partial charge in [-0.2, -0.15) is 5.10 Å². The van der Waals surface area contributed by atoms with Crippen LogP contribution in [0.3, 0.4) is 0 Å². The Balaban J connectivity index is 2.37. The lowest BCUT2D eigenvalue weighted by Gasteiger charge is -2.19. The maximum Gasteiger partial charge on any atom is 0.211 e. The van der Waals surface area contributed by atoms with Crippen molar-refractivity contribution in [2.24, 2.45) is 21.7 Å². The maximum atomic E-state index is 5.47. The zero-order chi connectivity index (χ0) is 13.0. The van der Waals surface area contributed by atoms with Gasteiger partial charge in [-0.05, 0) is 18.4 Å². The van der Waals surface area contributed by atoms with Crippen molar-refractivity contribution in [1.82, 2.24) is 0 Å². The van der Waals surface area contributed by atoms with Gasteiger partial charge in [0, 0.05) is 11.1 Å². The largest absolute Gasteiger partial charge is 0.496 e. The monoisotopic (exact) mass is 244 g/mol. The fourth-order valence-electron chi connectivity index (χ4n) is 2.05. The Hall–Kier alpha value is -2.30. The molecule has 1 aliphatic rings. The molecule has 1 aliphatic carbocycles. The SMILES string of the molecule is COC1=C(/C=N/N=C(N)N)CCc2ccccc21. The Morgan fingerprint density at radius 2 is 2.06 bits per heavy atom. The van der Waals surface area contributed by atoms with Gasteiger partial charge < -0.3 is 16.2 Å². The molecule has 0 saturated carbocycles. The van der Waals surface area contributed by atoms with Crippen LogP contribution < -0.4 is 11.5 Å². The summed E-state index contributed by atoms with van der Waals surface area (Å²) >= 11 is 0. The molecule has 0 bridgehead atoms. The fourth-order valence-corrected chi connectivity index (χ4v) is 2.05. The van der Waals surface area contributed by atoms with Crippen molar-refractivity contribution < 1.29 is 4.74 Å². The van der Waals surface area contributed by atoms with Gasteiger partial charge in [-0.25, -0.2) is 0 Å². The summed E-state index contributed by atoms with van der Waals surface area (Å²) in [4.78, 5) is 0. The topological polar surface area (TPSA) is 86.0 Å². The summed E-state index contributed by atoms with van der Waals surface area (Å²) < 4.78 is 5.47. The van der Waals surface area contributed by atoms with E-state index in [2.05, 4.69) is 16.3 Å². The molecule has 0 saturated heterocycles. The van der Waals surface area contributed by atoms with E-state index in [1.807, 2.05) is 18.2 Å². The average molecular weight is 244 g/mol. The molecule has 0 atom stereocenters. The highest BCUT2D eigenvalue weighted by Crippen LogP contribution is 2.30. The molecule has 94 valence electrons. The Labute approximate surface area is 106 Å². The first-order chi connectivity index (χ1) is 8.72. The number of aryl methyl sites for hydroxylation is 1. The van der Waals surface area contributed by atoms with Gasteiger partial charge in [-0.3, -0.25) is 0 Å². The molecule has 0 fully saturated rings. The third-order valence-corrected chi connectivity index (χ3v) is 2.81. The van der Waals surface area contributed by atoms with E-state index in [1.165, 1.54) is 5.56 Å². The van der Waals surface area contributed by atoms with Gasteiger partial charge in [-0.15, -0.1) is 5.10 Å². The lowest BCUT2D eigenvalue weighted by atomic mass is 9.91. The van der Waals surface area contributed by atoms with Gasteiger partial charge in [0.2, 0.25) is 5.96 Å². The number of nitrogens with two attached hydrogens (primary N) is 2. The molecule has 0 aromatic heterocycles. The predicted octanol–water partition coefficient (Wildman–Crippen LogP) is 1.25. The van der Waals surface area contributed by atoms with Crippen LogP contribution in [0.5, 0.6) is 0 Å². The summed E-state index contributed by atoms with van der Waals surface area (Å²) in [7, 11) is 1.66. The molecule has 0 spiro atoms. The summed E-state index contributed by atoms with van der Waals surface area (Å²) in [5.41, 5.74) is 13.8. The van der Waals surface area contributed by atoms with E-state index in [-0.39, 0.29) is 5.96 Å². The van der Waals surface area contributed by atoms with Crippen molar-refractivity contribution in [2.45, 2.75) is 12.8 Å². The van der Waals surface area contributed by atoms with Gasteiger partial charge in [0.25, 0.3) is 0 Å². The van der Waals surface area contributed by atoms with Crippen LogP contribution in [0.2, 0.25) is 0 Å².